The molecule has 0 fully saturated rings. The molecule has 0 aromatic heterocycles. The van der Waals surface area contributed by atoms with Crippen LogP contribution in [0.2, 0.25) is 0 Å². The second-order valence-corrected chi connectivity index (χ2v) is 8.75. The Morgan fingerprint density at radius 2 is 1.29 bits per heavy atom. The molecule has 0 saturated heterocycles. The molecule has 0 aliphatic heterocycles. The van der Waals surface area contributed by atoms with Gasteiger partial charge < -0.3 is 0 Å². The third-order valence-electron chi connectivity index (χ3n) is 5.04. The SMILES string of the molecule is Cc1cccc(-c2ccc(-c3ccc(Br)cc3)c(Br)c2-c2ccccc2C)c1. The van der Waals surface area contributed by atoms with E-state index in [1.807, 2.05) is 0 Å². The molecule has 0 heterocycles. The van der Waals surface area contributed by atoms with Gasteiger partial charge in [-0.25, -0.2) is 0 Å². The highest BCUT2D eigenvalue weighted by atomic mass is 79.9. The Balaban J connectivity index is 2.01. The van der Waals surface area contributed by atoms with Crippen LogP contribution >= 0.6 is 31.9 Å². The molecule has 0 unspecified atom stereocenters. The molecule has 4 aromatic rings. The highest BCUT2D eigenvalue weighted by Crippen LogP contribution is 2.44. The Labute approximate surface area is 183 Å². The van der Waals surface area contributed by atoms with E-state index >= 15 is 0 Å². The number of aryl methyl sites for hydroxylation is 2. The van der Waals surface area contributed by atoms with Crippen molar-refractivity contribution in [2.24, 2.45) is 0 Å². The van der Waals surface area contributed by atoms with Gasteiger partial charge >= 0.3 is 0 Å². The van der Waals surface area contributed by atoms with E-state index in [1.54, 1.807) is 0 Å². The van der Waals surface area contributed by atoms with Crippen molar-refractivity contribution in [1.29, 1.82) is 0 Å². The molecule has 28 heavy (non-hydrogen) atoms. The van der Waals surface area contributed by atoms with Crippen molar-refractivity contribution >= 4 is 31.9 Å². The number of hydrogen-bond acceptors (Lipinski definition) is 0. The lowest BCUT2D eigenvalue weighted by atomic mass is 9.89. The minimum absolute atomic E-state index is 1.09. The standard InChI is InChI=1S/C26H20Br2/c1-17-6-5-8-20(16-17)23-14-15-24(19-10-12-21(27)13-11-19)26(28)25(23)22-9-4-3-7-18(22)2/h3-16H,1-2H3. The summed E-state index contributed by atoms with van der Waals surface area (Å²) >= 11 is 7.50. The molecule has 0 aliphatic carbocycles. The first-order valence-electron chi connectivity index (χ1n) is 9.26. The van der Waals surface area contributed by atoms with Crippen molar-refractivity contribution in [1.82, 2.24) is 0 Å². The molecule has 0 spiro atoms. The minimum Gasteiger partial charge on any atom is -0.0620 e. The normalized spacial score (nSPS) is 10.9. The molecule has 138 valence electrons. The van der Waals surface area contributed by atoms with Gasteiger partial charge in [-0.15, -0.1) is 0 Å². The molecule has 4 aromatic carbocycles. The molecule has 2 heteroatoms. The quantitative estimate of drug-likeness (QED) is 0.268. The van der Waals surface area contributed by atoms with Gasteiger partial charge in [0.25, 0.3) is 0 Å². The molecule has 0 radical (unpaired) electrons. The maximum Gasteiger partial charge on any atom is 0.0338 e. The summed E-state index contributed by atoms with van der Waals surface area (Å²) in [6.07, 6.45) is 0. The fourth-order valence-electron chi connectivity index (χ4n) is 3.60. The average molecular weight is 492 g/mol. The van der Waals surface area contributed by atoms with Crippen LogP contribution in [0.1, 0.15) is 11.1 Å². The molecule has 0 nitrogen and oxygen atoms in total. The molecule has 4 rings (SSSR count). The predicted octanol–water partition coefficient (Wildman–Crippen LogP) is 8.83. The van der Waals surface area contributed by atoms with Gasteiger partial charge in [0, 0.05) is 14.5 Å². The number of hydrogen-bond donors (Lipinski definition) is 0. The first-order chi connectivity index (χ1) is 13.5. The second-order valence-electron chi connectivity index (χ2n) is 7.04. The molecular weight excluding hydrogens is 472 g/mol. The fourth-order valence-corrected chi connectivity index (χ4v) is 4.65. The highest BCUT2D eigenvalue weighted by molar-refractivity contribution is 9.11. The molecular formula is C26H20Br2. The predicted molar refractivity (Wildman–Crippen MR) is 128 cm³/mol. The molecule has 0 saturated carbocycles. The topological polar surface area (TPSA) is 0 Å². The van der Waals surface area contributed by atoms with Gasteiger partial charge in [0.05, 0.1) is 0 Å². The zero-order chi connectivity index (χ0) is 19.7. The smallest absolute Gasteiger partial charge is 0.0338 e. The second kappa shape index (κ2) is 8.06. The summed E-state index contributed by atoms with van der Waals surface area (Å²) in [5.74, 6) is 0. The van der Waals surface area contributed by atoms with Gasteiger partial charge in [-0.05, 0) is 75.3 Å². The van der Waals surface area contributed by atoms with E-state index in [-0.39, 0.29) is 0 Å². The Hall–Kier alpha value is -2.16. The van der Waals surface area contributed by atoms with Crippen molar-refractivity contribution in [3.63, 3.8) is 0 Å². The molecule has 0 atom stereocenters. The summed E-state index contributed by atoms with van der Waals surface area (Å²) in [4.78, 5) is 0. The van der Waals surface area contributed by atoms with Gasteiger partial charge in [0.15, 0.2) is 0 Å². The zero-order valence-electron chi connectivity index (χ0n) is 15.8. The first-order valence-corrected chi connectivity index (χ1v) is 10.8. The lowest BCUT2D eigenvalue weighted by Gasteiger charge is -2.18. The van der Waals surface area contributed by atoms with Gasteiger partial charge in [0.2, 0.25) is 0 Å². The van der Waals surface area contributed by atoms with Crippen LogP contribution in [0.3, 0.4) is 0 Å². The van der Waals surface area contributed by atoms with Crippen molar-refractivity contribution in [2.45, 2.75) is 13.8 Å². The summed E-state index contributed by atoms with van der Waals surface area (Å²) in [5, 5.41) is 0. The third-order valence-corrected chi connectivity index (χ3v) is 6.39. The average Bonchev–Trinajstić information content (AvgIpc) is 2.69. The van der Waals surface area contributed by atoms with Crippen LogP contribution in [0.15, 0.2) is 93.9 Å². The lowest BCUT2D eigenvalue weighted by molar-refractivity contribution is 1.43. The Morgan fingerprint density at radius 1 is 0.571 bits per heavy atom. The van der Waals surface area contributed by atoms with Gasteiger partial charge in [-0.1, -0.05) is 94.3 Å². The number of rotatable bonds is 3. The summed E-state index contributed by atoms with van der Waals surface area (Å²) in [6, 6.07) is 30.2. The fraction of sp³-hybridized carbons (Fsp3) is 0.0769. The van der Waals surface area contributed by atoms with Gasteiger partial charge in [-0.3, -0.25) is 0 Å². The molecule has 0 amide bonds. The van der Waals surface area contributed by atoms with E-state index < -0.39 is 0 Å². The van der Waals surface area contributed by atoms with Gasteiger partial charge in [0.1, 0.15) is 0 Å². The summed E-state index contributed by atoms with van der Waals surface area (Å²) < 4.78 is 2.21. The Kier molecular flexibility index (Phi) is 5.52. The monoisotopic (exact) mass is 490 g/mol. The largest absolute Gasteiger partial charge is 0.0620 e. The lowest BCUT2D eigenvalue weighted by Crippen LogP contribution is -1.93. The number of halogens is 2. The van der Waals surface area contributed by atoms with Crippen LogP contribution < -0.4 is 0 Å². The molecule has 0 bridgehead atoms. The van der Waals surface area contributed by atoms with E-state index in [2.05, 4.69) is 131 Å². The van der Waals surface area contributed by atoms with Crippen molar-refractivity contribution in [3.8, 4) is 33.4 Å². The zero-order valence-corrected chi connectivity index (χ0v) is 19.0. The summed E-state index contributed by atoms with van der Waals surface area (Å²) in [7, 11) is 0. The maximum atomic E-state index is 3.96. The first kappa shape index (κ1) is 19.2. The van der Waals surface area contributed by atoms with Crippen LogP contribution in [0.4, 0.5) is 0 Å². The van der Waals surface area contributed by atoms with Crippen LogP contribution in [0.5, 0.6) is 0 Å². The minimum atomic E-state index is 1.09. The van der Waals surface area contributed by atoms with E-state index in [0.717, 1.165) is 8.95 Å². The maximum absolute atomic E-state index is 3.96. The Morgan fingerprint density at radius 3 is 2.00 bits per heavy atom. The van der Waals surface area contributed by atoms with Crippen LogP contribution in [0, 0.1) is 13.8 Å². The van der Waals surface area contributed by atoms with Gasteiger partial charge in [-0.2, -0.15) is 0 Å². The van der Waals surface area contributed by atoms with Crippen LogP contribution in [-0.2, 0) is 0 Å². The Bertz CT molecular complexity index is 1140. The number of benzene rings is 4. The highest BCUT2D eigenvalue weighted by Gasteiger charge is 2.17. The van der Waals surface area contributed by atoms with E-state index in [4.69, 9.17) is 0 Å². The van der Waals surface area contributed by atoms with E-state index in [1.165, 1.54) is 44.5 Å². The van der Waals surface area contributed by atoms with Crippen LogP contribution in [-0.4, -0.2) is 0 Å². The molecule has 0 aliphatic rings. The summed E-state index contributed by atoms with van der Waals surface area (Å²) in [6.45, 7) is 4.32. The van der Waals surface area contributed by atoms with Crippen molar-refractivity contribution < 1.29 is 0 Å². The summed E-state index contributed by atoms with van der Waals surface area (Å²) in [5.41, 5.74) is 9.90. The van der Waals surface area contributed by atoms with Crippen molar-refractivity contribution in [3.05, 3.63) is 105 Å². The van der Waals surface area contributed by atoms with E-state index in [9.17, 15) is 0 Å². The van der Waals surface area contributed by atoms with Crippen LogP contribution in [0.25, 0.3) is 33.4 Å². The van der Waals surface area contributed by atoms with E-state index in [0.29, 0.717) is 0 Å². The van der Waals surface area contributed by atoms with Crippen molar-refractivity contribution in [2.75, 3.05) is 0 Å². The third kappa shape index (κ3) is 3.72. The molecule has 0 N–H and O–H groups in total.